The van der Waals surface area contributed by atoms with Crippen LogP contribution >= 0.6 is 0 Å². The first-order chi connectivity index (χ1) is 13.7. The minimum atomic E-state index is -4.52. The van der Waals surface area contributed by atoms with E-state index in [0.717, 1.165) is 17.7 Å². The van der Waals surface area contributed by atoms with Crippen molar-refractivity contribution >= 4 is 12.1 Å². The van der Waals surface area contributed by atoms with Crippen LogP contribution in [0.3, 0.4) is 0 Å². The molecule has 1 amide bonds. The predicted octanol–water partition coefficient (Wildman–Crippen LogP) is 4.51. The van der Waals surface area contributed by atoms with Crippen molar-refractivity contribution in [2.24, 2.45) is 0 Å². The third kappa shape index (κ3) is 4.70. The average Bonchev–Trinajstić information content (AvgIpc) is 3.05. The molecule has 2 aromatic carbocycles. The predicted molar refractivity (Wildman–Crippen MR) is 99.4 cm³/mol. The van der Waals surface area contributed by atoms with Gasteiger partial charge in [0.15, 0.2) is 0 Å². The van der Waals surface area contributed by atoms with Gasteiger partial charge in [-0.25, -0.2) is 4.79 Å². The second-order valence-corrected chi connectivity index (χ2v) is 6.82. The van der Waals surface area contributed by atoms with Gasteiger partial charge in [-0.15, -0.1) is 0 Å². The first-order valence-electron chi connectivity index (χ1n) is 9.15. The van der Waals surface area contributed by atoms with E-state index in [-0.39, 0.29) is 19.6 Å². The summed E-state index contributed by atoms with van der Waals surface area (Å²) < 4.78 is 44.7. The third-order valence-corrected chi connectivity index (χ3v) is 4.84. The van der Waals surface area contributed by atoms with E-state index in [1.54, 1.807) is 18.2 Å². The number of rotatable bonds is 6. The number of halogens is 3. The molecule has 29 heavy (non-hydrogen) atoms. The fourth-order valence-electron chi connectivity index (χ4n) is 3.41. The van der Waals surface area contributed by atoms with E-state index < -0.39 is 23.8 Å². The Labute approximate surface area is 165 Å². The first kappa shape index (κ1) is 20.7. The Bertz CT molecular complexity index is 940. The van der Waals surface area contributed by atoms with Crippen LogP contribution in [-0.4, -0.2) is 35.2 Å². The number of hydrogen-bond donors (Lipinski definition) is 1. The molecular weight excluding hydrogens is 387 g/mol. The molecule has 1 N–H and O–H groups in total. The molecule has 1 saturated heterocycles. The molecule has 2 aromatic rings. The van der Waals surface area contributed by atoms with Crippen LogP contribution in [0.2, 0.25) is 0 Å². The van der Waals surface area contributed by atoms with E-state index in [9.17, 15) is 22.8 Å². The molecule has 5 nitrogen and oxygen atoms in total. The molecule has 1 heterocycles. The third-order valence-electron chi connectivity index (χ3n) is 4.84. The van der Waals surface area contributed by atoms with Crippen molar-refractivity contribution in [2.75, 3.05) is 13.2 Å². The van der Waals surface area contributed by atoms with Gasteiger partial charge in [-0.05, 0) is 46.4 Å². The SMILES string of the molecule is CCc1ccc(CC(=O)O)cc1-c1ccc(C(F)(F)F)cc1CN1CCOC1=O. The Morgan fingerprint density at radius 2 is 1.90 bits per heavy atom. The molecule has 0 aromatic heterocycles. The van der Waals surface area contributed by atoms with Gasteiger partial charge >= 0.3 is 18.2 Å². The van der Waals surface area contributed by atoms with E-state index in [1.807, 2.05) is 6.92 Å². The van der Waals surface area contributed by atoms with Gasteiger partial charge in [0.1, 0.15) is 6.61 Å². The molecule has 8 heteroatoms. The first-order valence-corrected chi connectivity index (χ1v) is 9.15. The zero-order chi connectivity index (χ0) is 21.2. The van der Waals surface area contributed by atoms with Crippen LogP contribution in [0.4, 0.5) is 18.0 Å². The standard InChI is InChI=1S/C21H20F3NO4/c1-2-14-4-3-13(10-19(26)27)9-18(14)17-6-5-16(21(22,23)24)11-15(17)12-25-7-8-29-20(25)28/h3-6,9,11H,2,7-8,10,12H2,1H3,(H,26,27). The van der Waals surface area contributed by atoms with Crippen LogP contribution < -0.4 is 0 Å². The molecule has 0 bridgehead atoms. The Kier molecular flexibility index (Phi) is 5.81. The lowest BCUT2D eigenvalue weighted by Gasteiger charge is -2.20. The minimum Gasteiger partial charge on any atom is -0.481 e. The minimum absolute atomic E-state index is 0.0234. The number of aryl methyl sites for hydroxylation is 1. The second-order valence-electron chi connectivity index (χ2n) is 6.82. The number of carboxylic acids is 1. The number of amides is 1. The maximum Gasteiger partial charge on any atom is 0.416 e. The van der Waals surface area contributed by atoms with Gasteiger partial charge in [-0.3, -0.25) is 4.79 Å². The van der Waals surface area contributed by atoms with Crippen molar-refractivity contribution in [3.05, 3.63) is 58.7 Å². The Hall–Kier alpha value is -3.03. The number of carbonyl (C=O) groups is 2. The Morgan fingerprint density at radius 3 is 2.48 bits per heavy atom. The fourth-order valence-corrected chi connectivity index (χ4v) is 3.41. The summed E-state index contributed by atoms with van der Waals surface area (Å²) in [6.07, 6.45) is -4.65. The number of carboxylic acid groups (broad SMARTS) is 1. The van der Waals surface area contributed by atoms with Crippen molar-refractivity contribution in [1.82, 2.24) is 4.90 Å². The van der Waals surface area contributed by atoms with Crippen LogP contribution in [0, 0.1) is 0 Å². The van der Waals surface area contributed by atoms with Gasteiger partial charge in [-0.1, -0.05) is 31.2 Å². The average molecular weight is 407 g/mol. The summed E-state index contributed by atoms with van der Waals surface area (Å²) in [4.78, 5) is 24.3. The van der Waals surface area contributed by atoms with Gasteiger partial charge in [-0.2, -0.15) is 13.2 Å². The van der Waals surface area contributed by atoms with Crippen LogP contribution in [0.5, 0.6) is 0 Å². The van der Waals surface area contributed by atoms with Crippen molar-refractivity contribution in [1.29, 1.82) is 0 Å². The largest absolute Gasteiger partial charge is 0.481 e. The molecule has 1 aliphatic rings. The molecule has 0 radical (unpaired) electrons. The summed E-state index contributed by atoms with van der Waals surface area (Å²) in [6.45, 7) is 2.39. The highest BCUT2D eigenvalue weighted by atomic mass is 19.4. The smallest absolute Gasteiger partial charge is 0.416 e. The number of hydrogen-bond acceptors (Lipinski definition) is 3. The molecule has 0 spiro atoms. The van der Waals surface area contributed by atoms with Crippen LogP contribution in [0.25, 0.3) is 11.1 Å². The lowest BCUT2D eigenvalue weighted by atomic mass is 9.90. The summed E-state index contributed by atoms with van der Waals surface area (Å²) in [6, 6.07) is 8.63. The van der Waals surface area contributed by atoms with E-state index in [1.165, 1.54) is 11.0 Å². The van der Waals surface area contributed by atoms with E-state index >= 15 is 0 Å². The number of nitrogens with zero attached hydrogens (tertiary/aromatic N) is 1. The van der Waals surface area contributed by atoms with Crippen molar-refractivity contribution in [3.8, 4) is 11.1 Å². The summed E-state index contributed by atoms with van der Waals surface area (Å²) in [7, 11) is 0. The highest BCUT2D eigenvalue weighted by molar-refractivity contribution is 5.76. The van der Waals surface area contributed by atoms with E-state index in [2.05, 4.69) is 0 Å². The summed E-state index contributed by atoms with van der Waals surface area (Å²) >= 11 is 0. The van der Waals surface area contributed by atoms with Gasteiger partial charge in [0.05, 0.1) is 18.5 Å². The number of ether oxygens (including phenoxy) is 1. The van der Waals surface area contributed by atoms with Crippen LogP contribution in [0.1, 0.15) is 29.2 Å². The van der Waals surface area contributed by atoms with Crippen LogP contribution in [0.15, 0.2) is 36.4 Å². The molecule has 0 aliphatic carbocycles. The lowest BCUT2D eigenvalue weighted by molar-refractivity contribution is -0.138. The molecule has 1 aliphatic heterocycles. The molecule has 154 valence electrons. The van der Waals surface area contributed by atoms with E-state index in [0.29, 0.717) is 35.2 Å². The maximum absolute atomic E-state index is 13.3. The fraction of sp³-hybridized carbons (Fsp3) is 0.333. The van der Waals surface area contributed by atoms with Crippen molar-refractivity contribution < 1.29 is 32.6 Å². The van der Waals surface area contributed by atoms with E-state index in [4.69, 9.17) is 9.84 Å². The molecular formula is C21H20F3NO4. The molecule has 1 fully saturated rings. The van der Waals surface area contributed by atoms with Crippen molar-refractivity contribution in [2.45, 2.75) is 32.5 Å². The Morgan fingerprint density at radius 1 is 1.14 bits per heavy atom. The zero-order valence-electron chi connectivity index (χ0n) is 15.8. The van der Waals surface area contributed by atoms with Crippen molar-refractivity contribution in [3.63, 3.8) is 0 Å². The highest BCUT2D eigenvalue weighted by Gasteiger charge is 2.32. The number of carbonyl (C=O) groups excluding carboxylic acids is 1. The number of benzene rings is 2. The van der Waals surface area contributed by atoms with Gasteiger partial charge in [0.25, 0.3) is 0 Å². The normalized spacial score (nSPS) is 14.2. The molecule has 0 saturated carbocycles. The number of aliphatic carboxylic acids is 1. The summed E-state index contributed by atoms with van der Waals surface area (Å²) in [5.41, 5.74) is 2.18. The van der Waals surface area contributed by atoms with Gasteiger partial charge in [0.2, 0.25) is 0 Å². The Balaban J connectivity index is 2.12. The molecule has 3 rings (SSSR count). The highest BCUT2D eigenvalue weighted by Crippen LogP contribution is 2.36. The summed E-state index contributed by atoms with van der Waals surface area (Å²) in [5, 5.41) is 9.07. The second kappa shape index (κ2) is 8.14. The summed E-state index contributed by atoms with van der Waals surface area (Å²) in [5.74, 6) is -0.993. The molecule has 0 atom stereocenters. The molecule has 0 unspecified atom stereocenters. The van der Waals surface area contributed by atoms with Gasteiger partial charge in [0, 0.05) is 6.54 Å². The quantitative estimate of drug-likeness (QED) is 0.765. The monoisotopic (exact) mass is 407 g/mol. The topological polar surface area (TPSA) is 66.8 Å². The van der Waals surface area contributed by atoms with Crippen LogP contribution in [-0.2, 0) is 35.1 Å². The van der Waals surface area contributed by atoms with Gasteiger partial charge < -0.3 is 14.7 Å². The number of alkyl halides is 3. The lowest BCUT2D eigenvalue weighted by Crippen LogP contribution is -2.24. The maximum atomic E-state index is 13.3. The zero-order valence-corrected chi connectivity index (χ0v) is 15.8. The number of cyclic esters (lactones) is 1.